The Labute approximate surface area is 140 Å². The molecule has 2 N–H and O–H groups in total. The first-order valence-corrected chi connectivity index (χ1v) is 8.01. The van der Waals surface area contributed by atoms with Crippen LogP contribution in [0.15, 0.2) is 42.5 Å². The highest BCUT2D eigenvalue weighted by Crippen LogP contribution is 2.22. The van der Waals surface area contributed by atoms with Crippen molar-refractivity contribution in [2.45, 2.75) is 13.0 Å². The van der Waals surface area contributed by atoms with Crippen LogP contribution in [0.4, 0.5) is 5.69 Å². The van der Waals surface area contributed by atoms with E-state index in [0.717, 1.165) is 36.5 Å². The zero-order valence-electron chi connectivity index (χ0n) is 12.9. The van der Waals surface area contributed by atoms with E-state index in [2.05, 4.69) is 10.6 Å². The molecule has 0 radical (unpaired) electrons. The highest BCUT2D eigenvalue weighted by Gasteiger charge is 2.15. The number of hydrogen-bond acceptors (Lipinski definition) is 3. The fraction of sp³-hybridized carbons (Fsp3) is 0.278. The van der Waals surface area contributed by atoms with E-state index < -0.39 is 0 Å². The van der Waals surface area contributed by atoms with Gasteiger partial charge in [0.05, 0.1) is 12.7 Å². The predicted molar refractivity (Wildman–Crippen MR) is 92.1 cm³/mol. The Balaban J connectivity index is 1.69. The zero-order valence-corrected chi connectivity index (χ0v) is 13.7. The van der Waals surface area contributed by atoms with Gasteiger partial charge in [-0.2, -0.15) is 0 Å². The lowest BCUT2D eigenvalue weighted by molar-refractivity contribution is 0.0277. The molecule has 0 saturated carbocycles. The normalized spacial score (nSPS) is 17.7. The minimum absolute atomic E-state index is 0.0759. The van der Waals surface area contributed by atoms with E-state index in [0.29, 0.717) is 10.6 Å². The summed E-state index contributed by atoms with van der Waals surface area (Å²) in [5, 5.41) is 6.85. The SMILES string of the molecule is Cc1cc(Cl)ccc1C(=O)Nc1ccc([C@H]2CNCCO2)cc1. The molecule has 1 aliphatic rings. The molecule has 3 rings (SSSR count). The van der Waals surface area contributed by atoms with Crippen LogP contribution < -0.4 is 10.6 Å². The molecule has 2 aromatic rings. The number of rotatable bonds is 3. The second-order valence-electron chi connectivity index (χ2n) is 5.60. The second-order valence-corrected chi connectivity index (χ2v) is 6.04. The van der Waals surface area contributed by atoms with E-state index in [1.165, 1.54) is 0 Å². The van der Waals surface area contributed by atoms with Gasteiger partial charge in [-0.3, -0.25) is 4.79 Å². The smallest absolute Gasteiger partial charge is 0.255 e. The molecule has 1 amide bonds. The molecule has 2 aromatic carbocycles. The Morgan fingerprint density at radius 2 is 2.04 bits per heavy atom. The maximum Gasteiger partial charge on any atom is 0.255 e. The summed E-state index contributed by atoms with van der Waals surface area (Å²) in [6.45, 7) is 4.30. The molecule has 4 nitrogen and oxygen atoms in total. The van der Waals surface area contributed by atoms with E-state index in [1.54, 1.807) is 18.2 Å². The number of anilines is 1. The van der Waals surface area contributed by atoms with E-state index in [4.69, 9.17) is 16.3 Å². The number of amides is 1. The Kier molecular flexibility index (Phi) is 4.96. The fourth-order valence-corrected chi connectivity index (χ4v) is 2.87. The summed E-state index contributed by atoms with van der Waals surface area (Å²) in [5.41, 5.74) is 3.35. The summed E-state index contributed by atoms with van der Waals surface area (Å²) in [7, 11) is 0. The maximum absolute atomic E-state index is 12.3. The average Bonchev–Trinajstić information content (AvgIpc) is 2.56. The van der Waals surface area contributed by atoms with Crippen LogP contribution in [-0.4, -0.2) is 25.6 Å². The number of morpholine rings is 1. The molecule has 1 aliphatic heterocycles. The van der Waals surface area contributed by atoms with Crippen LogP contribution in [0.25, 0.3) is 0 Å². The third kappa shape index (κ3) is 3.91. The van der Waals surface area contributed by atoms with Gasteiger partial charge < -0.3 is 15.4 Å². The first kappa shape index (κ1) is 16.0. The molecule has 1 heterocycles. The summed E-state index contributed by atoms with van der Waals surface area (Å²) in [5.74, 6) is -0.137. The lowest BCUT2D eigenvalue weighted by atomic mass is 10.1. The molecule has 0 aliphatic carbocycles. The molecule has 1 atom stereocenters. The van der Waals surface area contributed by atoms with Crippen molar-refractivity contribution in [3.63, 3.8) is 0 Å². The quantitative estimate of drug-likeness (QED) is 0.904. The number of aryl methyl sites for hydroxylation is 1. The van der Waals surface area contributed by atoms with Crippen LogP contribution >= 0.6 is 11.6 Å². The summed E-state index contributed by atoms with van der Waals surface area (Å²) >= 11 is 5.92. The third-order valence-electron chi connectivity index (χ3n) is 3.90. The van der Waals surface area contributed by atoms with Gasteiger partial charge >= 0.3 is 0 Å². The van der Waals surface area contributed by atoms with Gasteiger partial charge in [-0.25, -0.2) is 0 Å². The van der Waals surface area contributed by atoms with Crippen molar-refractivity contribution >= 4 is 23.2 Å². The Morgan fingerprint density at radius 3 is 2.70 bits per heavy atom. The minimum atomic E-state index is -0.137. The van der Waals surface area contributed by atoms with Crippen molar-refractivity contribution in [2.24, 2.45) is 0 Å². The van der Waals surface area contributed by atoms with Gasteiger partial charge in [0, 0.05) is 29.4 Å². The molecule has 0 aromatic heterocycles. The van der Waals surface area contributed by atoms with Gasteiger partial charge in [0.1, 0.15) is 0 Å². The first-order chi connectivity index (χ1) is 11.1. The summed E-state index contributed by atoms with van der Waals surface area (Å²) < 4.78 is 5.72. The average molecular weight is 331 g/mol. The van der Waals surface area contributed by atoms with Crippen molar-refractivity contribution in [3.8, 4) is 0 Å². The minimum Gasteiger partial charge on any atom is -0.371 e. The predicted octanol–water partition coefficient (Wildman–Crippen LogP) is 3.56. The number of hydrogen-bond donors (Lipinski definition) is 2. The largest absolute Gasteiger partial charge is 0.371 e. The topological polar surface area (TPSA) is 50.4 Å². The molecule has 5 heteroatoms. The van der Waals surface area contributed by atoms with Crippen LogP contribution in [0.1, 0.15) is 27.6 Å². The molecule has 1 saturated heterocycles. The highest BCUT2D eigenvalue weighted by atomic mass is 35.5. The molecular weight excluding hydrogens is 312 g/mol. The monoisotopic (exact) mass is 330 g/mol. The molecule has 0 unspecified atom stereocenters. The van der Waals surface area contributed by atoms with E-state index in [9.17, 15) is 4.79 Å². The van der Waals surface area contributed by atoms with Crippen molar-refractivity contribution in [2.75, 3.05) is 25.0 Å². The highest BCUT2D eigenvalue weighted by molar-refractivity contribution is 6.30. The number of nitrogens with one attached hydrogen (secondary N) is 2. The Bertz CT molecular complexity index is 695. The van der Waals surface area contributed by atoms with Gasteiger partial charge in [-0.05, 0) is 48.4 Å². The van der Waals surface area contributed by atoms with Crippen LogP contribution in [0, 0.1) is 6.92 Å². The second kappa shape index (κ2) is 7.13. The van der Waals surface area contributed by atoms with Crippen LogP contribution in [0.3, 0.4) is 0 Å². The molecule has 0 spiro atoms. The van der Waals surface area contributed by atoms with E-state index >= 15 is 0 Å². The molecule has 0 bridgehead atoms. The first-order valence-electron chi connectivity index (χ1n) is 7.63. The Morgan fingerprint density at radius 1 is 1.26 bits per heavy atom. The van der Waals surface area contributed by atoms with Gasteiger partial charge in [-0.15, -0.1) is 0 Å². The number of halogens is 1. The molecule has 1 fully saturated rings. The molecule has 23 heavy (non-hydrogen) atoms. The van der Waals surface area contributed by atoms with Crippen molar-refractivity contribution in [1.29, 1.82) is 0 Å². The standard InChI is InChI=1S/C18H19ClN2O2/c1-12-10-14(19)4-7-16(12)18(22)21-15-5-2-13(3-6-15)17-11-20-8-9-23-17/h2-7,10,17,20H,8-9,11H2,1H3,(H,21,22)/t17-/m1/s1. The summed E-state index contributed by atoms with van der Waals surface area (Å²) in [4.78, 5) is 12.3. The zero-order chi connectivity index (χ0) is 16.2. The van der Waals surface area contributed by atoms with Gasteiger partial charge in [-0.1, -0.05) is 23.7 Å². The molecule has 120 valence electrons. The van der Waals surface area contributed by atoms with Crippen molar-refractivity contribution < 1.29 is 9.53 Å². The molecular formula is C18H19ClN2O2. The third-order valence-corrected chi connectivity index (χ3v) is 4.14. The Hall–Kier alpha value is -1.88. The fourth-order valence-electron chi connectivity index (χ4n) is 2.64. The number of ether oxygens (including phenoxy) is 1. The van der Waals surface area contributed by atoms with Gasteiger partial charge in [0.25, 0.3) is 5.91 Å². The van der Waals surface area contributed by atoms with Gasteiger partial charge in [0.15, 0.2) is 0 Å². The van der Waals surface area contributed by atoms with Crippen LogP contribution in [0.5, 0.6) is 0 Å². The van der Waals surface area contributed by atoms with Crippen LogP contribution in [-0.2, 0) is 4.74 Å². The lowest BCUT2D eigenvalue weighted by Gasteiger charge is -2.24. The summed E-state index contributed by atoms with van der Waals surface area (Å²) in [6.07, 6.45) is 0.0759. The number of benzene rings is 2. The lowest BCUT2D eigenvalue weighted by Crippen LogP contribution is -2.33. The van der Waals surface area contributed by atoms with Crippen LogP contribution in [0.2, 0.25) is 5.02 Å². The summed E-state index contributed by atoms with van der Waals surface area (Å²) in [6, 6.07) is 13.0. The number of carbonyl (C=O) groups excluding carboxylic acids is 1. The van der Waals surface area contributed by atoms with Crippen molar-refractivity contribution in [1.82, 2.24) is 5.32 Å². The van der Waals surface area contributed by atoms with E-state index in [-0.39, 0.29) is 12.0 Å². The number of carbonyl (C=O) groups is 1. The van der Waals surface area contributed by atoms with Crippen molar-refractivity contribution in [3.05, 3.63) is 64.2 Å². The maximum atomic E-state index is 12.3. The van der Waals surface area contributed by atoms with E-state index in [1.807, 2.05) is 31.2 Å². The van der Waals surface area contributed by atoms with Gasteiger partial charge in [0.2, 0.25) is 0 Å².